The first kappa shape index (κ1) is 35.7. The number of fused-ring (bicyclic) bond motifs is 5. The van der Waals surface area contributed by atoms with E-state index in [1.54, 1.807) is 0 Å². The average molecular weight is 757 g/mol. The second-order valence-corrected chi connectivity index (χ2v) is 14.9. The second kappa shape index (κ2) is 15.7. The summed E-state index contributed by atoms with van der Waals surface area (Å²) >= 11 is 0. The molecule has 0 aliphatic heterocycles. The number of benzene rings is 9. The second-order valence-electron chi connectivity index (χ2n) is 14.9. The minimum Gasteiger partial charge on any atom is -0.310 e. The van der Waals surface area contributed by atoms with Crippen LogP contribution >= 0.6 is 0 Å². The maximum absolute atomic E-state index is 5.21. The number of para-hydroxylation sites is 1. The SMILES string of the molecule is C=N/C(=N\C(=N/Cc1ccc2c(c1)Cc1cccc(N(c3ccccc3)c3ccc(-c4ccccc4)cc3)c1-2)c1ccc2ccccc2c1)c1ccc2ccccc2c1. The van der Waals surface area contributed by atoms with E-state index < -0.39 is 0 Å². The van der Waals surface area contributed by atoms with Gasteiger partial charge in [0, 0.05) is 28.1 Å². The van der Waals surface area contributed by atoms with E-state index in [0.29, 0.717) is 18.2 Å². The van der Waals surface area contributed by atoms with Crippen LogP contribution < -0.4 is 4.90 Å². The molecule has 0 saturated heterocycles. The lowest BCUT2D eigenvalue weighted by atomic mass is 10.00. The zero-order valence-corrected chi connectivity index (χ0v) is 32.5. The fourth-order valence-electron chi connectivity index (χ4n) is 8.32. The Balaban J connectivity index is 1.01. The molecule has 0 N–H and O–H groups in total. The Labute approximate surface area is 344 Å². The van der Waals surface area contributed by atoms with Gasteiger partial charge in [-0.2, -0.15) is 0 Å². The van der Waals surface area contributed by atoms with Gasteiger partial charge in [-0.05, 0) is 111 Å². The van der Waals surface area contributed by atoms with E-state index in [-0.39, 0.29) is 0 Å². The van der Waals surface area contributed by atoms with E-state index in [4.69, 9.17) is 9.98 Å². The first-order valence-electron chi connectivity index (χ1n) is 20.0. The summed E-state index contributed by atoms with van der Waals surface area (Å²) in [4.78, 5) is 17.1. The van der Waals surface area contributed by atoms with Gasteiger partial charge in [0.15, 0.2) is 11.7 Å². The molecule has 0 aromatic heterocycles. The van der Waals surface area contributed by atoms with Crippen LogP contribution in [0.5, 0.6) is 0 Å². The molecule has 0 heterocycles. The topological polar surface area (TPSA) is 40.3 Å². The van der Waals surface area contributed by atoms with Gasteiger partial charge in [0.1, 0.15) is 0 Å². The lowest BCUT2D eigenvalue weighted by molar-refractivity contribution is 1.05. The van der Waals surface area contributed by atoms with Crippen LogP contribution in [-0.4, -0.2) is 18.4 Å². The van der Waals surface area contributed by atoms with Crippen molar-refractivity contribution in [2.24, 2.45) is 15.0 Å². The molecule has 280 valence electrons. The Morgan fingerprint density at radius 1 is 0.475 bits per heavy atom. The van der Waals surface area contributed by atoms with Crippen LogP contribution in [-0.2, 0) is 13.0 Å². The minimum atomic E-state index is 0.466. The fraction of sp³-hybridized carbons (Fsp3) is 0.0364. The summed E-state index contributed by atoms with van der Waals surface area (Å²) < 4.78 is 0. The predicted molar refractivity (Wildman–Crippen MR) is 249 cm³/mol. The molecule has 0 unspecified atom stereocenters. The Morgan fingerprint density at radius 2 is 1.07 bits per heavy atom. The highest BCUT2D eigenvalue weighted by molar-refractivity contribution is 6.14. The van der Waals surface area contributed by atoms with Crippen molar-refractivity contribution in [3.05, 3.63) is 234 Å². The van der Waals surface area contributed by atoms with E-state index in [1.165, 1.54) is 44.2 Å². The van der Waals surface area contributed by atoms with E-state index in [2.05, 4.69) is 217 Å². The van der Waals surface area contributed by atoms with Gasteiger partial charge >= 0.3 is 0 Å². The molecule has 0 amide bonds. The van der Waals surface area contributed by atoms with E-state index >= 15 is 0 Å². The summed E-state index contributed by atoms with van der Waals surface area (Å²) in [5.41, 5.74) is 13.9. The summed E-state index contributed by atoms with van der Waals surface area (Å²) in [5, 5.41) is 4.60. The number of anilines is 3. The molecule has 0 fully saturated rings. The number of rotatable bonds is 8. The molecule has 0 atom stereocenters. The molecule has 1 aliphatic carbocycles. The van der Waals surface area contributed by atoms with Crippen LogP contribution in [0.2, 0.25) is 0 Å². The van der Waals surface area contributed by atoms with Crippen LogP contribution in [0.4, 0.5) is 17.1 Å². The van der Waals surface area contributed by atoms with Gasteiger partial charge < -0.3 is 4.90 Å². The van der Waals surface area contributed by atoms with Crippen LogP contribution in [0.15, 0.2) is 221 Å². The molecule has 1 aliphatic rings. The molecule has 9 aromatic carbocycles. The number of nitrogens with zero attached hydrogens (tertiary/aromatic N) is 4. The van der Waals surface area contributed by atoms with Crippen molar-refractivity contribution in [2.75, 3.05) is 4.90 Å². The van der Waals surface area contributed by atoms with Gasteiger partial charge in [-0.1, -0.05) is 164 Å². The van der Waals surface area contributed by atoms with Gasteiger partial charge in [-0.25, -0.2) is 9.98 Å². The van der Waals surface area contributed by atoms with Crippen molar-refractivity contribution < 1.29 is 0 Å². The molecular weight excluding hydrogens is 717 g/mol. The van der Waals surface area contributed by atoms with Crippen molar-refractivity contribution in [3.63, 3.8) is 0 Å². The highest BCUT2D eigenvalue weighted by Crippen LogP contribution is 2.47. The van der Waals surface area contributed by atoms with Crippen LogP contribution in [0, 0.1) is 0 Å². The third-order valence-electron chi connectivity index (χ3n) is 11.2. The highest BCUT2D eigenvalue weighted by Gasteiger charge is 2.26. The maximum atomic E-state index is 5.21. The lowest BCUT2D eigenvalue weighted by Gasteiger charge is -2.28. The van der Waals surface area contributed by atoms with Crippen LogP contribution in [0.1, 0.15) is 27.8 Å². The Kier molecular flexibility index (Phi) is 9.49. The van der Waals surface area contributed by atoms with Crippen molar-refractivity contribution in [2.45, 2.75) is 13.0 Å². The molecule has 4 nitrogen and oxygen atoms in total. The molecule has 10 rings (SSSR count). The van der Waals surface area contributed by atoms with Crippen molar-refractivity contribution in [3.8, 4) is 22.3 Å². The highest BCUT2D eigenvalue weighted by atomic mass is 15.1. The van der Waals surface area contributed by atoms with Gasteiger partial charge in [0.05, 0.1) is 12.2 Å². The summed E-state index contributed by atoms with van der Waals surface area (Å²) in [6, 6.07) is 73.0. The quantitative estimate of drug-likeness (QED) is 0.112. The Hall–Kier alpha value is -7.69. The van der Waals surface area contributed by atoms with E-state index in [1.807, 2.05) is 6.07 Å². The molecule has 0 spiro atoms. The van der Waals surface area contributed by atoms with Gasteiger partial charge in [-0.3, -0.25) is 4.99 Å². The van der Waals surface area contributed by atoms with Gasteiger partial charge in [-0.15, -0.1) is 0 Å². The van der Waals surface area contributed by atoms with Gasteiger partial charge in [0.25, 0.3) is 0 Å². The predicted octanol–water partition coefficient (Wildman–Crippen LogP) is 13.8. The molecule has 4 heteroatoms. The smallest absolute Gasteiger partial charge is 0.161 e. The fourth-order valence-corrected chi connectivity index (χ4v) is 8.32. The molecule has 9 aromatic rings. The van der Waals surface area contributed by atoms with E-state index in [9.17, 15) is 0 Å². The number of amidine groups is 2. The first-order valence-corrected chi connectivity index (χ1v) is 20.0. The summed E-state index contributed by atoms with van der Waals surface area (Å²) in [5.74, 6) is 1.16. The van der Waals surface area contributed by atoms with Crippen molar-refractivity contribution in [1.82, 2.24) is 0 Å². The number of aliphatic imine (C=N–C) groups is 3. The third-order valence-corrected chi connectivity index (χ3v) is 11.2. The average Bonchev–Trinajstić information content (AvgIpc) is 3.68. The Morgan fingerprint density at radius 3 is 1.75 bits per heavy atom. The molecule has 59 heavy (non-hydrogen) atoms. The van der Waals surface area contributed by atoms with Crippen LogP contribution in [0.25, 0.3) is 43.8 Å². The molecule has 0 bridgehead atoms. The van der Waals surface area contributed by atoms with Crippen LogP contribution in [0.3, 0.4) is 0 Å². The largest absolute Gasteiger partial charge is 0.310 e. The summed E-state index contributed by atoms with van der Waals surface area (Å²) in [6.07, 6.45) is 0.855. The standard InChI is InChI=1S/C55H40N4/c1-56-54(46-26-24-40-15-8-10-17-43(40)34-46)58-55(47-27-25-41-16-9-11-18-44(41)35-47)57-37-38-23-32-51-48(33-38)36-45-19-12-22-52(53(45)51)59(49-20-6-3-7-21-49)50-30-28-42(29-31-50)39-13-4-2-5-14-39/h2-35H,1,36-37H2/b57-55-,58-54-. The third kappa shape index (κ3) is 7.13. The Bertz CT molecular complexity index is 3060. The summed E-state index contributed by atoms with van der Waals surface area (Å²) in [6.45, 7) is 4.39. The minimum absolute atomic E-state index is 0.466. The normalized spacial score (nSPS) is 12.3. The monoisotopic (exact) mass is 756 g/mol. The molecule has 0 saturated carbocycles. The number of hydrogen-bond acceptors (Lipinski definition) is 2. The molecular formula is C55H40N4. The van der Waals surface area contributed by atoms with E-state index in [0.717, 1.165) is 50.9 Å². The number of hydrogen-bond donors (Lipinski definition) is 0. The zero-order chi connectivity index (χ0) is 39.5. The molecule has 0 radical (unpaired) electrons. The van der Waals surface area contributed by atoms with Crippen molar-refractivity contribution in [1.29, 1.82) is 0 Å². The van der Waals surface area contributed by atoms with Gasteiger partial charge in [0.2, 0.25) is 0 Å². The maximum Gasteiger partial charge on any atom is 0.161 e. The zero-order valence-electron chi connectivity index (χ0n) is 32.5. The summed E-state index contributed by atoms with van der Waals surface area (Å²) in [7, 11) is 0. The van der Waals surface area contributed by atoms with Crippen molar-refractivity contribution >= 4 is 57.0 Å². The first-order chi connectivity index (χ1) is 29.2. The lowest BCUT2D eigenvalue weighted by Crippen LogP contribution is -2.11.